The van der Waals surface area contributed by atoms with E-state index in [4.69, 9.17) is 17.3 Å². The van der Waals surface area contributed by atoms with Gasteiger partial charge in [0.1, 0.15) is 39.4 Å². The quantitative estimate of drug-likeness (QED) is 0.125. The molecule has 12 heteroatoms. The summed E-state index contributed by atoms with van der Waals surface area (Å²) < 4.78 is 48.5. The van der Waals surface area contributed by atoms with E-state index in [2.05, 4.69) is 11.2 Å². The average molecular weight is 477 g/mol. The molecule has 30 heavy (non-hydrogen) atoms. The second-order valence-corrected chi connectivity index (χ2v) is 10.4. The van der Waals surface area contributed by atoms with E-state index in [0.717, 1.165) is 45.5 Å². The van der Waals surface area contributed by atoms with Crippen LogP contribution in [0.2, 0.25) is 0 Å². The molecule has 0 N–H and O–H groups in total. The summed E-state index contributed by atoms with van der Waals surface area (Å²) in [4.78, 5) is 11.8. The summed E-state index contributed by atoms with van der Waals surface area (Å²) in [5.74, 6) is -0.351. The Morgan fingerprint density at radius 2 is 1.60 bits per heavy atom. The van der Waals surface area contributed by atoms with Crippen molar-refractivity contribution in [2.75, 3.05) is 87.9 Å². The fourth-order valence-electron chi connectivity index (χ4n) is 2.51. The molecule has 0 spiro atoms. The number of hydrogen-bond acceptors (Lipinski definition) is 9. The smallest absolute Gasteiger partial charge is 0.399 e. The Balaban J connectivity index is 4.72. The first kappa shape index (κ1) is 29.5. The first-order chi connectivity index (χ1) is 13.9. The summed E-state index contributed by atoms with van der Waals surface area (Å²) in [6.07, 6.45) is 0.827. The number of nitrogens with zero attached hydrogens (tertiary/aromatic N) is 2. The Morgan fingerprint density at radius 3 is 2.17 bits per heavy atom. The molecule has 0 aromatic carbocycles. The number of esters is 1. The molecule has 1 unspecified atom stereocenters. The van der Waals surface area contributed by atoms with Crippen molar-refractivity contribution >= 4 is 28.7 Å². The number of likely N-dealkylation sites (N-methyl/N-ethyl adjacent to an activating group) is 2. The van der Waals surface area contributed by atoms with Gasteiger partial charge in [-0.05, 0) is 0 Å². The van der Waals surface area contributed by atoms with Crippen molar-refractivity contribution in [2.24, 2.45) is 5.92 Å². The molecule has 0 amide bonds. The topological polar surface area (TPSA) is 97.4 Å². The van der Waals surface area contributed by atoms with E-state index >= 15 is 0 Å². The van der Waals surface area contributed by atoms with Crippen LogP contribution in [-0.4, -0.2) is 111 Å². The van der Waals surface area contributed by atoms with Crippen LogP contribution in [0.4, 0.5) is 0 Å². The fraction of sp³-hybridized carbons (Fsp3) is 0.944. The van der Waals surface area contributed by atoms with Crippen LogP contribution in [0.1, 0.15) is 20.3 Å². The number of carbonyl (C=O) groups is 1. The van der Waals surface area contributed by atoms with E-state index in [1.807, 2.05) is 27.9 Å². The molecule has 0 aromatic rings. The monoisotopic (exact) mass is 476 g/mol. The van der Waals surface area contributed by atoms with Gasteiger partial charge in [0, 0.05) is 6.42 Å². The van der Waals surface area contributed by atoms with Crippen molar-refractivity contribution < 1.29 is 43.6 Å². The van der Waals surface area contributed by atoms with E-state index in [-0.39, 0.29) is 18.5 Å². The average Bonchev–Trinajstić information content (AvgIpc) is 2.66. The fourth-order valence-corrected chi connectivity index (χ4v) is 3.17. The van der Waals surface area contributed by atoms with Gasteiger partial charge in [-0.15, -0.1) is 0 Å². The Morgan fingerprint density at radius 1 is 0.933 bits per heavy atom. The maximum atomic E-state index is 11.8. The number of hydrogen-bond donors (Lipinski definition) is 0. The molecule has 0 saturated heterocycles. The molecule has 180 valence electrons. The van der Waals surface area contributed by atoms with Gasteiger partial charge < -0.3 is 13.7 Å². The van der Waals surface area contributed by atoms with E-state index in [9.17, 15) is 13.2 Å². The Bertz CT molecular complexity index is 587. The van der Waals surface area contributed by atoms with Crippen molar-refractivity contribution in [3.05, 3.63) is 0 Å². The molecule has 1 atom stereocenters. The molecule has 0 rings (SSSR count). The van der Waals surface area contributed by atoms with Crippen LogP contribution in [0, 0.1) is 5.92 Å². The van der Waals surface area contributed by atoms with Crippen molar-refractivity contribution in [1.82, 2.24) is 0 Å². The van der Waals surface area contributed by atoms with Gasteiger partial charge in [-0.3, -0.25) is 17.3 Å². The van der Waals surface area contributed by atoms with E-state index < -0.39 is 10.4 Å². The summed E-state index contributed by atoms with van der Waals surface area (Å²) in [5, 5.41) is 0. The molecular weight excluding hydrogens is 436 g/mol. The molecule has 0 aliphatic heterocycles. The molecule has 0 heterocycles. The lowest BCUT2D eigenvalue weighted by atomic mass is 10.2. The molecule has 10 nitrogen and oxygen atoms in total. The molecule has 0 radical (unpaired) electrons. The van der Waals surface area contributed by atoms with E-state index in [0.29, 0.717) is 35.3 Å². The van der Waals surface area contributed by atoms with Crippen molar-refractivity contribution in [2.45, 2.75) is 20.3 Å². The zero-order valence-electron chi connectivity index (χ0n) is 19.4. The summed E-state index contributed by atoms with van der Waals surface area (Å²) in [6.45, 7) is 8.23. The zero-order valence-corrected chi connectivity index (χ0v) is 21.1. The van der Waals surface area contributed by atoms with Gasteiger partial charge in [0.25, 0.3) is 0 Å². The van der Waals surface area contributed by atoms with Gasteiger partial charge in [-0.1, -0.05) is 13.8 Å². The van der Waals surface area contributed by atoms with Crippen molar-refractivity contribution in [1.29, 1.82) is 0 Å². The lowest BCUT2D eigenvalue weighted by Crippen LogP contribution is -2.55. The minimum Gasteiger partial charge on any atom is -0.459 e. The van der Waals surface area contributed by atoms with Crippen molar-refractivity contribution in [3.8, 4) is 0 Å². The maximum Gasteiger partial charge on any atom is 0.399 e. The highest BCUT2D eigenvalue weighted by Crippen LogP contribution is 2.11. The second-order valence-electron chi connectivity index (χ2n) is 8.30. The van der Waals surface area contributed by atoms with Crippen LogP contribution in [0.15, 0.2) is 0 Å². The van der Waals surface area contributed by atoms with E-state index in [1.54, 1.807) is 7.11 Å². The van der Waals surface area contributed by atoms with Gasteiger partial charge in [0.2, 0.25) is 0 Å². The summed E-state index contributed by atoms with van der Waals surface area (Å²) in [6, 6.07) is 0. The number of rotatable bonds is 18. The van der Waals surface area contributed by atoms with Crippen LogP contribution in [0.25, 0.3) is 0 Å². The SMILES string of the molecule is COSOCCC[N+](C)(CCOC(=O)C(C)C)CC[N+](C)(C)CCOS(=O)(=O)OC. The van der Waals surface area contributed by atoms with Gasteiger partial charge >= 0.3 is 16.4 Å². The largest absolute Gasteiger partial charge is 0.459 e. The van der Waals surface area contributed by atoms with Gasteiger partial charge in [0.15, 0.2) is 12.3 Å². The highest BCUT2D eigenvalue weighted by Gasteiger charge is 2.27. The summed E-state index contributed by atoms with van der Waals surface area (Å²) >= 11 is 0.962. The van der Waals surface area contributed by atoms with Crippen molar-refractivity contribution in [3.63, 3.8) is 0 Å². The van der Waals surface area contributed by atoms with Gasteiger partial charge in [0.05, 0.1) is 54.4 Å². The lowest BCUT2D eigenvalue weighted by Gasteiger charge is -2.38. The first-order valence-corrected chi connectivity index (χ1v) is 12.0. The third-order valence-electron chi connectivity index (χ3n) is 4.76. The predicted octanol–water partition coefficient (Wildman–Crippen LogP) is 1.23. The Hall–Kier alpha value is -0.470. The molecule has 0 fully saturated rings. The second kappa shape index (κ2) is 14.6. The molecule has 0 saturated carbocycles. The molecular formula is C18H40N2O8S2+2. The molecule has 0 aliphatic carbocycles. The van der Waals surface area contributed by atoms with Crippen LogP contribution < -0.4 is 0 Å². The highest BCUT2D eigenvalue weighted by molar-refractivity contribution is 7.89. The predicted molar refractivity (Wildman–Crippen MR) is 115 cm³/mol. The highest BCUT2D eigenvalue weighted by atomic mass is 32.3. The van der Waals surface area contributed by atoms with Crippen LogP contribution >= 0.6 is 12.3 Å². The number of ether oxygens (including phenoxy) is 1. The maximum absolute atomic E-state index is 11.8. The summed E-state index contributed by atoms with van der Waals surface area (Å²) in [5.41, 5.74) is 0. The van der Waals surface area contributed by atoms with Crippen LogP contribution in [0.3, 0.4) is 0 Å². The zero-order chi connectivity index (χ0) is 23.3. The molecule has 0 aromatic heterocycles. The Labute approximate surface area is 186 Å². The van der Waals surface area contributed by atoms with Gasteiger partial charge in [-0.2, -0.15) is 8.42 Å². The van der Waals surface area contributed by atoms with Crippen LogP contribution in [0.5, 0.6) is 0 Å². The molecule has 0 aliphatic rings. The number of carbonyl (C=O) groups excluding carboxylic acids is 1. The van der Waals surface area contributed by atoms with Gasteiger partial charge in [-0.25, -0.2) is 4.18 Å². The minimum absolute atomic E-state index is 0.0426. The Kier molecular flexibility index (Phi) is 14.3. The third-order valence-corrected chi connectivity index (χ3v) is 6.02. The molecule has 0 bridgehead atoms. The minimum atomic E-state index is -3.92. The summed E-state index contributed by atoms with van der Waals surface area (Å²) in [7, 11) is 4.86. The normalized spacial score (nSPS) is 14.7. The standard InChI is InChI=1S/C18H40N2O8S2/c1-17(2)18(21)26-15-13-20(5,9-8-14-27-29-24-6)11-10-19(3,4)12-16-28-30(22,23)25-7/h17H,8-16H2,1-7H3/q+2. The third kappa shape index (κ3) is 14.5. The van der Waals surface area contributed by atoms with Crippen LogP contribution in [-0.2, 0) is 36.7 Å². The van der Waals surface area contributed by atoms with E-state index in [1.165, 1.54) is 0 Å². The number of quaternary nitrogens is 2. The first-order valence-electron chi connectivity index (χ1n) is 9.96. The lowest BCUT2D eigenvalue weighted by molar-refractivity contribution is -0.955.